The fourth-order valence-electron chi connectivity index (χ4n) is 2.95. The lowest BCUT2D eigenvalue weighted by atomic mass is 10.1. The Morgan fingerprint density at radius 3 is 2.19 bits per heavy atom. The van der Waals surface area contributed by atoms with Gasteiger partial charge in [0.05, 0.1) is 0 Å². The highest BCUT2D eigenvalue weighted by atomic mass is 35.5. The van der Waals surface area contributed by atoms with Crippen molar-refractivity contribution in [2.75, 3.05) is 13.2 Å². The van der Waals surface area contributed by atoms with Crippen LogP contribution in [-0.4, -0.2) is 35.9 Å². The van der Waals surface area contributed by atoms with Crippen molar-refractivity contribution in [3.8, 4) is 5.75 Å². The number of rotatable bonds is 10. The maximum Gasteiger partial charge on any atom is 0.261 e. The molecule has 8 heteroatoms. The van der Waals surface area contributed by atoms with Gasteiger partial charge in [-0.25, -0.2) is 0 Å². The number of hydrogen-bond acceptors (Lipinski definition) is 3. The first-order chi connectivity index (χ1) is 14.7. The van der Waals surface area contributed by atoms with Crippen LogP contribution in [0.4, 0.5) is 0 Å². The maximum atomic E-state index is 13.2. The molecule has 168 valence electrons. The number of halogens is 3. The molecule has 0 saturated carbocycles. The van der Waals surface area contributed by atoms with E-state index in [0.717, 1.165) is 0 Å². The van der Waals surface area contributed by atoms with Crippen LogP contribution < -0.4 is 10.1 Å². The SMILES string of the molecule is CC[C@@H](C(=O)NCC(C)C)N(Cc1c(Cl)cccc1Cl)C(=O)COc1ccc(Cl)cc1. The van der Waals surface area contributed by atoms with Gasteiger partial charge in [0.2, 0.25) is 5.91 Å². The van der Waals surface area contributed by atoms with Crippen LogP contribution in [0.2, 0.25) is 15.1 Å². The summed E-state index contributed by atoms with van der Waals surface area (Å²) in [4.78, 5) is 27.5. The van der Waals surface area contributed by atoms with Gasteiger partial charge in [-0.2, -0.15) is 0 Å². The molecule has 0 unspecified atom stereocenters. The number of carbonyl (C=O) groups is 2. The van der Waals surface area contributed by atoms with E-state index in [4.69, 9.17) is 39.5 Å². The Labute approximate surface area is 198 Å². The summed E-state index contributed by atoms with van der Waals surface area (Å²) in [7, 11) is 0. The van der Waals surface area contributed by atoms with E-state index in [1.54, 1.807) is 42.5 Å². The second kappa shape index (κ2) is 12.2. The number of benzene rings is 2. The second-order valence-electron chi connectivity index (χ2n) is 7.53. The van der Waals surface area contributed by atoms with Crippen LogP contribution in [0.5, 0.6) is 5.75 Å². The van der Waals surface area contributed by atoms with E-state index < -0.39 is 6.04 Å². The Morgan fingerprint density at radius 1 is 1.03 bits per heavy atom. The lowest BCUT2D eigenvalue weighted by molar-refractivity contribution is -0.143. The molecule has 1 N–H and O–H groups in total. The number of nitrogens with one attached hydrogen (secondary N) is 1. The molecule has 1 atom stereocenters. The predicted octanol–water partition coefficient (Wildman–Crippen LogP) is 5.61. The predicted molar refractivity (Wildman–Crippen MR) is 126 cm³/mol. The molecule has 2 aromatic rings. The molecule has 0 aliphatic carbocycles. The maximum absolute atomic E-state index is 13.2. The Morgan fingerprint density at radius 2 is 1.65 bits per heavy atom. The summed E-state index contributed by atoms with van der Waals surface area (Å²) in [6.45, 7) is 6.24. The second-order valence-corrected chi connectivity index (χ2v) is 8.78. The van der Waals surface area contributed by atoms with Gasteiger partial charge in [0.25, 0.3) is 5.91 Å². The number of nitrogens with zero attached hydrogens (tertiary/aromatic N) is 1. The standard InChI is InChI=1S/C23H27Cl3N2O3/c1-4-21(23(30)27-12-15(2)3)28(13-18-19(25)6-5-7-20(18)26)22(29)14-31-17-10-8-16(24)9-11-17/h5-11,15,21H,4,12-14H2,1-3H3,(H,27,30)/t21-/m0/s1. The largest absolute Gasteiger partial charge is 0.484 e. The van der Waals surface area contributed by atoms with E-state index in [0.29, 0.717) is 39.3 Å². The van der Waals surface area contributed by atoms with Crippen molar-refractivity contribution < 1.29 is 14.3 Å². The molecule has 0 aliphatic heterocycles. The quantitative estimate of drug-likeness (QED) is 0.476. The average molecular weight is 486 g/mol. The molecule has 5 nitrogen and oxygen atoms in total. The zero-order valence-corrected chi connectivity index (χ0v) is 20.1. The Bertz CT molecular complexity index is 868. The molecule has 31 heavy (non-hydrogen) atoms. The molecule has 0 bridgehead atoms. The zero-order chi connectivity index (χ0) is 23.0. The minimum absolute atomic E-state index is 0.0922. The topological polar surface area (TPSA) is 58.6 Å². The van der Waals surface area contributed by atoms with Crippen LogP contribution >= 0.6 is 34.8 Å². The van der Waals surface area contributed by atoms with Crippen molar-refractivity contribution in [3.05, 3.63) is 63.1 Å². The lowest BCUT2D eigenvalue weighted by Gasteiger charge is -2.31. The van der Waals surface area contributed by atoms with Crippen LogP contribution in [0, 0.1) is 5.92 Å². The van der Waals surface area contributed by atoms with E-state index in [-0.39, 0.29) is 30.9 Å². The summed E-state index contributed by atoms with van der Waals surface area (Å²) in [6, 6.07) is 11.2. The van der Waals surface area contributed by atoms with Crippen LogP contribution in [0.25, 0.3) is 0 Å². The Hall–Kier alpha value is -1.95. The van der Waals surface area contributed by atoms with Gasteiger partial charge in [-0.05, 0) is 48.7 Å². The normalized spacial score (nSPS) is 11.8. The Balaban J connectivity index is 2.25. The third-order valence-electron chi connectivity index (χ3n) is 4.64. The van der Waals surface area contributed by atoms with Crippen LogP contribution in [-0.2, 0) is 16.1 Å². The number of amides is 2. The third kappa shape index (κ3) is 7.60. The van der Waals surface area contributed by atoms with Crippen molar-refractivity contribution in [2.24, 2.45) is 5.92 Å². The molecule has 0 heterocycles. The first kappa shape index (κ1) is 25.3. The van der Waals surface area contributed by atoms with E-state index >= 15 is 0 Å². The summed E-state index contributed by atoms with van der Waals surface area (Å²) in [6.07, 6.45) is 0.429. The monoisotopic (exact) mass is 484 g/mol. The summed E-state index contributed by atoms with van der Waals surface area (Å²) in [5.74, 6) is 0.222. The highest BCUT2D eigenvalue weighted by Gasteiger charge is 2.30. The number of hydrogen-bond donors (Lipinski definition) is 1. The summed E-state index contributed by atoms with van der Waals surface area (Å²) in [5.41, 5.74) is 0.584. The minimum Gasteiger partial charge on any atom is -0.484 e. The van der Waals surface area contributed by atoms with Crippen LogP contribution in [0.15, 0.2) is 42.5 Å². The van der Waals surface area contributed by atoms with Crippen molar-refractivity contribution in [1.29, 1.82) is 0 Å². The van der Waals surface area contributed by atoms with Crippen LogP contribution in [0.3, 0.4) is 0 Å². The third-order valence-corrected chi connectivity index (χ3v) is 5.60. The molecule has 0 aliphatic rings. The van der Waals surface area contributed by atoms with Gasteiger partial charge in [-0.3, -0.25) is 9.59 Å². The van der Waals surface area contributed by atoms with Gasteiger partial charge in [0.1, 0.15) is 11.8 Å². The van der Waals surface area contributed by atoms with Crippen molar-refractivity contribution in [1.82, 2.24) is 10.2 Å². The molecule has 2 rings (SSSR count). The first-order valence-corrected chi connectivity index (χ1v) is 11.2. The number of ether oxygens (including phenoxy) is 1. The van der Waals surface area contributed by atoms with Crippen molar-refractivity contribution in [3.63, 3.8) is 0 Å². The first-order valence-electron chi connectivity index (χ1n) is 10.1. The highest BCUT2D eigenvalue weighted by Crippen LogP contribution is 2.27. The van der Waals surface area contributed by atoms with Gasteiger partial charge in [0, 0.05) is 33.7 Å². The molecular formula is C23H27Cl3N2O3. The van der Waals surface area contributed by atoms with E-state index in [2.05, 4.69) is 5.32 Å². The molecule has 0 aromatic heterocycles. The molecule has 0 radical (unpaired) electrons. The van der Waals surface area contributed by atoms with Crippen molar-refractivity contribution in [2.45, 2.75) is 39.8 Å². The van der Waals surface area contributed by atoms with Crippen molar-refractivity contribution >= 4 is 46.6 Å². The highest BCUT2D eigenvalue weighted by molar-refractivity contribution is 6.36. The van der Waals surface area contributed by atoms with Gasteiger partial charge >= 0.3 is 0 Å². The molecular weight excluding hydrogens is 459 g/mol. The summed E-state index contributed by atoms with van der Waals surface area (Å²) in [5, 5.41) is 4.34. The zero-order valence-electron chi connectivity index (χ0n) is 17.8. The van der Waals surface area contributed by atoms with Crippen LogP contribution in [0.1, 0.15) is 32.8 Å². The molecule has 0 spiro atoms. The van der Waals surface area contributed by atoms with E-state index in [9.17, 15) is 9.59 Å². The van der Waals surface area contributed by atoms with Gasteiger partial charge < -0.3 is 15.0 Å². The lowest BCUT2D eigenvalue weighted by Crippen LogP contribution is -2.50. The smallest absolute Gasteiger partial charge is 0.261 e. The van der Waals surface area contributed by atoms with E-state index in [1.165, 1.54) is 4.90 Å². The van der Waals surface area contributed by atoms with E-state index in [1.807, 2.05) is 20.8 Å². The van der Waals surface area contributed by atoms with Gasteiger partial charge in [0.15, 0.2) is 6.61 Å². The van der Waals surface area contributed by atoms with Gasteiger partial charge in [-0.1, -0.05) is 61.6 Å². The summed E-state index contributed by atoms with van der Waals surface area (Å²) < 4.78 is 5.63. The number of carbonyl (C=O) groups excluding carboxylic acids is 2. The Kier molecular flexibility index (Phi) is 9.94. The summed E-state index contributed by atoms with van der Waals surface area (Å²) >= 11 is 18.6. The fourth-order valence-corrected chi connectivity index (χ4v) is 3.60. The molecule has 0 saturated heterocycles. The molecule has 2 amide bonds. The van der Waals surface area contributed by atoms with Gasteiger partial charge in [-0.15, -0.1) is 0 Å². The average Bonchev–Trinajstić information content (AvgIpc) is 2.73. The minimum atomic E-state index is -0.688. The molecule has 0 fully saturated rings. The molecule has 2 aromatic carbocycles. The fraction of sp³-hybridized carbons (Fsp3) is 0.391.